The Morgan fingerprint density at radius 3 is 2.59 bits per heavy atom. The second kappa shape index (κ2) is 6.77. The maximum atomic E-state index is 13.1. The van der Waals surface area contributed by atoms with Gasteiger partial charge in [-0.05, 0) is 57.0 Å². The van der Waals surface area contributed by atoms with Crippen molar-refractivity contribution in [3.8, 4) is 0 Å². The quantitative estimate of drug-likeness (QED) is 0.898. The Morgan fingerprint density at radius 2 is 2.00 bits per heavy atom. The Bertz CT molecular complexity index is 674. The molecule has 0 saturated carbocycles. The number of nitrogens with zero attached hydrogens (tertiary/aromatic N) is 1. The van der Waals surface area contributed by atoms with Crippen LogP contribution in [0.3, 0.4) is 0 Å². The van der Waals surface area contributed by atoms with Crippen LogP contribution in [0.15, 0.2) is 30.3 Å². The summed E-state index contributed by atoms with van der Waals surface area (Å²) in [6.45, 7) is 8.94. The molecule has 1 amide bonds. The number of rotatable bonds is 5. The van der Waals surface area contributed by atoms with Crippen LogP contribution in [0.25, 0.3) is 0 Å². The van der Waals surface area contributed by atoms with E-state index >= 15 is 0 Å². The zero-order valence-electron chi connectivity index (χ0n) is 13.6. The zero-order valence-corrected chi connectivity index (χ0v) is 13.6. The monoisotopic (exact) mass is 302 g/mol. The standard InChI is InChI=1S/C18H23FN2O/c1-12(2)21-13(3)8-16(14(21)4)11-20-18(22)10-15-6-5-7-17(19)9-15/h5-9,12H,10-11H2,1-4H3,(H,20,22). The van der Waals surface area contributed by atoms with E-state index in [4.69, 9.17) is 0 Å². The van der Waals surface area contributed by atoms with Gasteiger partial charge in [0.15, 0.2) is 0 Å². The van der Waals surface area contributed by atoms with Gasteiger partial charge in [0.05, 0.1) is 6.42 Å². The summed E-state index contributed by atoms with van der Waals surface area (Å²) in [6, 6.07) is 8.66. The van der Waals surface area contributed by atoms with Gasteiger partial charge in [0.1, 0.15) is 5.82 Å². The summed E-state index contributed by atoms with van der Waals surface area (Å²) in [4.78, 5) is 12.0. The Kier molecular flexibility index (Phi) is 5.01. The minimum absolute atomic E-state index is 0.0973. The summed E-state index contributed by atoms with van der Waals surface area (Å²) in [6.07, 6.45) is 0.195. The number of hydrogen-bond donors (Lipinski definition) is 1. The van der Waals surface area contributed by atoms with Gasteiger partial charge in [-0.25, -0.2) is 4.39 Å². The first-order valence-corrected chi connectivity index (χ1v) is 7.57. The van der Waals surface area contributed by atoms with Gasteiger partial charge < -0.3 is 9.88 Å². The van der Waals surface area contributed by atoms with Gasteiger partial charge in [-0.15, -0.1) is 0 Å². The summed E-state index contributed by atoms with van der Waals surface area (Å²) in [5.41, 5.74) is 4.18. The number of carbonyl (C=O) groups excluding carboxylic acids is 1. The molecule has 2 rings (SSSR count). The van der Waals surface area contributed by atoms with E-state index in [0.29, 0.717) is 18.2 Å². The average molecular weight is 302 g/mol. The number of benzene rings is 1. The van der Waals surface area contributed by atoms with Crippen LogP contribution in [-0.4, -0.2) is 10.5 Å². The predicted octanol–water partition coefficient (Wildman–Crippen LogP) is 3.68. The first-order valence-electron chi connectivity index (χ1n) is 7.57. The van der Waals surface area contributed by atoms with Crippen LogP contribution in [0.5, 0.6) is 0 Å². The van der Waals surface area contributed by atoms with Crippen molar-refractivity contribution in [2.45, 2.75) is 46.7 Å². The van der Waals surface area contributed by atoms with Crippen molar-refractivity contribution >= 4 is 5.91 Å². The first kappa shape index (κ1) is 16.3. The molecule has 0 aliphatic carbocycles. The van der Waals surface area contributed by atoms with E-state index < -0.39 is 0 Å². The molecule has 0 unspecified atom stereocenters. The van der Waals surface area contributed by atoms with Crippen LogP contribution in [0, 0.1) is 19.7 Å². The van der Waals surface area contributed by atoms with E-state index in [1.807, 2.05) is 0 Å². The van der Waals surface area contributed by atoms with Gasteiger partial charge in [-0.2, -0.15) is 0 Å². The van der Waals surface area contributed by atoms with E-state index in [2.05, 4.69) is 43.6 Å². The van der Waals surface area contributed by atoms with Gasteiger partial charge >= 0.3 is 0 Å². The highest BCUT2D eigenvalue weighted by Gasteiger charge is 2.12. The second-order valence-corrected chi connectivity index (χ2v) is 5.94. The summed E-state index contributed by atoms with van der Waals surface area (Å²) < 4.78 is 15.4. The molecule has 118 valence electrons. The van der Waals surface area contributed by atoms with Crippen molar-refractivity contribution in [1.82, 2.24) is 9.88 Å². The van der Waals surface area contributed by atoms with Gasteiger partial charge in [0.2, 0.25) is 5.91 Å². The number of hydrogen-bond acceptors (Lipinski definition) is 1. The highest BCUT2D eigenvalue weighted by molar-refractivity contribution is 5.78. The molecule has 1 heterocycles. The third-order valence-electron chi connectivity index (χ3n) is 3.84. The number of aromatic nitrogens is 1. The molecule has 0 saturated heterocycles. The van der Waals surface area contributed by atoms with E-state index in [1.165, 1.54) is 23.5 Å². The fourth-order valence-electron chi connectivity index (χ4n) is 2.91. The molecule has 0 spiro atoms. The van der Waals surface area contributed by atoms with Crippen molar-refractivity contribution in [1.29, 1.82) is 0 Å². The summed E-state index contributed by atoms with van der Waals surface area (Å²) in [5, 5.41) is 2.91. The molecule has 0 aliphatic rings. The molecular weight excluding hydrogens is 279 g/mol. The molecule has 3 nitrogen and oxygen atoms in total. The number of amides is 1. The summed E-state index contributed by atoms with van der Waals surface area (Å²) in [5.74, 6) is -0.411. The molecular formula is C18H23FN2O. The molecule has 22 heavy (non-hydrogen) atoms. The second-order valence-electron chi connectivity index (χ2n) is 5.94. The predicted molar refractivity (Wildman–Crippen MR) is 86.2 cm³/mol. The van der Waals surface area contributed by atoms with Gasteiger partial charge in [-0.1, -0.05) is 12.1 Å². The Labute approximate surface area is 131 Å². The van der Waals surface area contributed by atoms with Crippen LogP contribution < -0.4 is 5.32 Å². The largest absolute Gasteiger partial charge is 0.352 e. The smallest absolute Gasteiger partial charge is 0.224 e. The van der Waals surface area contributed by atoms with Crippen LogP contribution in [-0.2, 0) is 17.8 Å². The summed E-state index contributed by atoms with van der Waals surface area (Å²) in [7, 11) is 0. The highest BCUT2D eigenvalue weighted by Crippen LogP contribution is 2.19. The highest BCUT2D eigenvalue weighted by atomic mass is 19.1. The first-order chi connectivity index (χ1) is 10.4. The molecule has 4 heteroatoms. The fourth-order valence-corrected chi connectivity index (χ4v) is 2.91. The number of nitrogens with one attached hydrogen (secondary N) is 1. The van der Waals surface area contributed by atoms with E-state index in [0.717, 1.165) is 5.56 Å². The number of aryl methyl sites for hydroxylation is 1. The topological polar surface area (TPSA) is 34.0 Å². The van der Waals surface area contributed by atoms with Crippen LogP contribution >= 0.6 is 0 Å². The van der Waals surface area contributed by atoms with Crippen LogP contribution in [0.4, 0.5) is 4.39 Å². The van der Waals surface area contributed by atoms with E-state index in [1.54, 1.807) is 12.1 Å². The van der Waals surface area contributed by atoms with Gasteiger partial charge in [-0.3, -0.25) is 4.79 Å². The van der Waals surface area contributed by atoms with Crippen LogP contribution in [0.2, 0.25) is 0 Å². The minimum Gasteiger partial charge on any atom is -0.352 e. The molecule has 0 atom stereocenters. The Balaban J connectivity index is 1.98. The molecule has 0 aliphatic heterocycles. The lowest BCUT2D eigenvalue weighted by molar-refractivity contribution is -0.120. The maximum absolute atomic E-state index is 13.1. The molecule has 1 N–H and O–H groups in total. The Morgan fingerprint density at radius 1 is 1.27 bits per heavy atom. The molecule has 0 radical (unpaired) electrons. The molecule has 0 bridgehead atoms. The molecule has 1 aromatic heterocycles. The average Bonchev–Trinajstić information content (AvgIpc) is 2.71. The van der Waals surface area contributed by atoms with Gasteiger partial charge in [0, 0.05) is 24.0 Å². The van der Waals surface area contributed by atoms with E-state index in [-0.39, 0.29) is 18.1 Å². The third kappa shape index (κ3) is 3.75. The lowest BCUT2D eigenvalue weighted by atomic mass is 10.1. The lowest BCUT2D eigenvalue weighted by Gasteiger charge is -2.14. The normalized spacial score (nSPS) is 11.0. The Hall–Kier alpha value is -2.10. The third-order valence-corrected chi connectivity index (χ3v) is 3.84. The SMILES string of the molecule is Cc1cc(CNC(=O)Cc2cccc(F)c2)c(C)n1C(C)C. The van der Waals surface area contributed by atoms with Crippen molar-refractivity contribution in [3.63, 3.8) is 0 Å². The maximum Gasteiger partial charge on any atom is 0.224 e. The number of halogens is 1. The van der Waals surface area contributed by atoms with Gasteiger partial charge in [0.25, 0.3) is 0 Å². The summed E-state index contributed by atoms with van der Waals surface area (Å²) >= 11 is 0. The fraction of sp³-hybridized carbons (Fsp3) is 0.389. The van der Waals surface area contributed by atoms with Crippen molar-refractivity contribution in [3.05, 3.63) is 58.7 Å². The molecule has 0 fully saturated rings. The van der Waals surface area contributed by atoms with Crippen molar-refractivity contribution < 1.29 is 9.18 Å². The lowest BCUT2D eigenvalue weighted by Crippen LogP contribution is -2.24. The van der Waals surface area contributed by atoms with Crippen molar-refractivity contribution in [2.24, 2.45) is 0 Å². The molecule has 1 aromatic carbocycles. The van der Waals surface area contributed by atoms with Crippen LogP contribution in [0.1, 0.15) is 42.4 Å². The zero-order chi connectivity index (χ0) is 16.3. The van der Waals surface area contributed by atoms with E-state index in [9.17, 15) is 9.18 Å². The number of carbonyl (C=O) groups is 1. The minimum atomic E-state index is -0.314. The molecule has 2 aromatic rings. The van der Waals surface area contributed by atoms with Crippen molar-refractivity contribution in [2.75, 3.05) is 0 Å².